The topological polar surface area (TPSA) is 26.0 Å². The van der Waals surface area contributed by atoms with Gasteiger partial charge in [0.25, 0.3) is 0 Å². The molecule has 2 aromatic carbocycles. The number of hydrogen-bond acceptors (Lipinski definition) is 1. The monoisotopic (exact) mass is 299 g/mol. The Bertz CT molecular complexity index is 562. The summed E-state index contributed by atoms with van der Waals surface area (Å²) in [5.41, 5.74) is 7.39. The Morgan fingerprint density at radius 2 is 1.44 bits per heavy atom. The number of benzene rings is 2. The molecule has 1 nitrogen and oxygen atoms in total. The first-order chi connectivity index (χ1) is 8.41. The van der Waals surface area contributed by atoms with Crippen molar-refractivity contribution in [1.82, 2.24) is 0 Å². The highest BCUT2D eigenvalue weighted by Gasteiger charge is 2.26. The predicted octanol–water partition coefficient (Wildman–Crippen LogP) is 4.87. The highest BCUT2D eigenvalue weighted by Crippen LogP contribution is 2.34. The van der Waals surface area contributed by atoms with Crippen molar-refractivity contribution in [2.24, 2.45) is 5.73 Å². The molecular weight excluding hydrogens is 289 g/mol. The molecular formula is C14H12Cl3N. The zero-order chi connectivity index (χ0) is 13.3. The van der Waals surface area contributed by atoms with Gasteiger partial charge in [-0.1, -0.05) is 46.9 Å². The third-order valence-corrected chi connectivity index (χ3v) is 3.75. The van der Waals surface area contributed by atoms with Crippen molar-refractivity contribution in [1.29, 1.82) is 0 Å². The fourth-order valence-corrected chi connectivity index (χ4v) is 2.46. The molecule has 0 aliphatic carbocycles. The summed E-state index contributed by atoms with van der Waals surface area (Å²) in [4.78, 5) is 0. The van der Waals surface area contributed by atoms with Gasteiger partial charge in [-0.15, -0.1) is 0 Å². The highest BCUT2D eigenvalue weighted by atomic mass is 35.5. The zero-order valence-electron chi connectivity index (χ0n) is 9.75. The van der Waals surface area contributed by atoms with Crippen LogP contribution in [0.5, 0.6) is 0 Å². The lowest BCUT2D eigenvalue weighted by atomic mass is 9.86. The minimum Gasteiger partial charge on any atom is -0.318 e. The third kappa shape index (κ3) is 2.65. The molecule has 94 valence electrons. The summed E-state index contributed by atoms with van der Waals surface area (Å²) in [6.45, 7) is 1.90. The van der Waals surface area contributed by atoms with Crippen molar-refractivity contribution >= 4 is 34.8 Å². The summed E-state index contributed by atoms with van der Waals surface area (Å²) >= 11 is 18.1. The van der Waals surface area contributed by atoms with Gasteiger partial charge in [-0.05, 0) is 48.4 Å². The van der Waals surface area contributed by atoms with Crippen LogP contribution in [0.2, 0.25) is 15.1 Å². The molecule has 0 bridgehead atoms. The second-order valence-corrected chi connectivity index (χ2v) is 5.61. The van der Waals surface area contributed by atoms with Crippen LogP contribution in [0.4, 0.5) is 0 Å². The molecule has 4 heteroatoms. The molecule has 0 fully saturated rings. The molecule has 0 heterocycles. The SMILES string of the molecule is CC(N)(c1ccc(Cl)cc1)c1cc(Cl)ccc1Cl. The Morgan fingerprint density at radius 3 is 2.06 bits per heavy atom. The first-order valence-corrected chi connectivity index (χ1v) is 6.55. The Balaban J connectivity index is 2.53. The lowest BCUT2D eigenvalue weighted by Crippen LogP contribution is -2.34. The first-order valence-electron chi connectivity index (χ1n) is 5.42. The fraction of sp³-hybridized carbons (Fsp3) is 0.143. The number of hydrogen-bond donors (Lipinski definition) is 1. The highest BCUT2D eigenvalue weighted by molar-refractivity contribution is 6.33. The van der Waals surface area contributed by atoms with E-state index in [0.717, 1.165) is 11.1 Å². The van der Waals surface area contributed by atoms with Crippen LogP contribution in [0.1, 0.15) is 18.1 Å². The van der Waals surface area contributed by atoms with Crippen LogP contribution in [0.25, 0.3) is 0 Å². The molecule has 1 atom stereocenters. The molecule has 0 saturated carbocycles. The van der Waals surface area contributed by atoms with Crippen molar-refractivity contribution in [3.05, 3.63) is 68.7 Å². The van der Waals surface area contributed by atoms with Crippen LogP contribution in [-0.2, 0) is 5.54 Å². The molecule has 0 spiro atoms. The Hall–Kier alpha value is -0.730. The number of nitrogens with two attached hydrogens (primary N) is 1. The molecule has 18 heavy (non-hydrogen) atoms. The van der Waals surface area contributed by atoms with Gasteiger partial charge >= 0.3 is 0 Å². The molecule has 0 aliphatic rings. The summed E-state index contributed by atoms with van der Waals surface area (Å²) < 4.78 is 0. The van der Waals surface area contributed by atoms with E-state index in [-0.39, 0.29) is 0 Å². The molecule has 2 aromatic rings. The van der Waals surface area contributed by atoms with Gasteiger partial charge in [-0.2, -0.15) is 0 Å². The summed E-state index contributed by atoms with van der Waals surface area (Å²) in [5, 5.41) is 1.88. The average Bonchev–Trinajstić information content (AvgIpc) is 2.32. The van der Waals surface area contributed by atoms with Crippen molar-refractivity contribution in [2.75, 3.05) is 0 Å². The van der Waals surface area contributed by atoms with Gasteiger partial charge in [0, 0.05) is 15.1 Å². The third-order valence-electron chi connectivity index (χ3n) is 2.93. The Morgan fingerprint density at radius 1 is 0.889 bits per heavy atom. The van der Waals surface area contributed by atoms with Gasteiger partial charge in [-0.25, -0.2) is 0 Å². The molecule has 2 rings (SSSR count). The number of halogens is 3. The fourth-order valence-electron chi connectivity index (χ4n) is 1.85. The van der Waals surface area contributed by atoms with Gasteiger partial charge in [-0.3, -0.25) is 0 Å². The van der Waals surface area contributed by atoms with Gasteiger partial charge in [0.1, 0.15) is 0 Å². The quantitative estimate of drug-likeness (QED) is 0.841. The molecule has 2 N–H and O–H groups in total. The standard InChI is InChI=1S/C14H12Cl3N/c1-14(18,9-2-4-10(15)5-3-9)12-8-11(16)6-7-13(12)17/h2-8H,18H2,1H3. The molecule has 0 amide bonds. The van der Waals surface area contributed by atoms with E-state index in [2.05, 4.69) is 0 Å². The molecule has 0 saturated heterocycles. The van der Waals surface area contributed by atoms with Gasteiger partial charge in [0.2, 0.25) is 0 Å². The van der Waals surface area contributed by atoms with E-state index in [9.17, 15) is 0 Å². The zero-order valence-corrected chi connectivity index (χ0v) is 12.0. The van der Waals surface area contributed by atoms with Gasteiger partial charge in [0.15, 0.2) is 0 Å². The maximum Gasteiger partial charge on any atom is 0.0652 e. The smallest absolute Gasteiger partial charge is 0.0652 e. The van der Waals surface area contributed by atoms with E-state index in [1.54, 1.807) is 30.3 Å². The lowest BCUT2D eigenvalue weighted by molar-refractivity contribution is 0.603. The van der Waals surface area contributed by atoms with Crippen molar-refractivity contribution in [3.63, 3.8) is 0 Å². The predicted molar refractivity (Wildman–Crippen MR) is 78.6 cm³/mol. The maximum atomic E-state index is 6.39. The van der Waals surface area contributed by atoms with Crippen LogP contribution in [0.15, 0.2) is 42.5 Å². The van der Waals surface area contributed by atoms with Crippen LogP contribution < -0.4 is 5.73 Å². The van der Waals surface area contributed by atoms with Gasteiger partial charge in [0.05, 0.1) is 5.54 Å². The molecule has 0 aliphatic heterocycles. The van der Waals surface area contributed by atoms with Crippen molar-refractivity contribution < 1.29 is 0 Å². The van der Waals surface area contributed by atoms with Crippen LogP contribution in [0.3, 0.4) is 0 Å². The van der Waals surface area contributed by atoms with Crippen LogP contribution >= 0.6 is 34.8 Å². The van der Waals surface area contributed by atoms with Crippen LogP contribution in [0, 0.1) is 0 Å². The normalized spacial score (nSPS) is 14.3. The first kappa shape index (κ1) is 13.7. The van der Waals surface area contributed by atoms with E-state index in [0.29, 0.717) is 15.1 Å². The summed E-state index contributed by atoms with van der Waals surface area (Å²) in [7, 11) is 0. The number of rotatable bonds is 2. The van der Waals surface area contributed by atoms with Crippen LogP contribution in [-0.4, -0.2) is 0 Å². The minimum atomic E-state index is -0.716. The van der Waals surface area contributed by atoms with E-state index in [4.69, 9.17) is 40.5 Å². The second-order valence-electron chi connectivity index (χ2n) is 4.33. The Labute approximate surface area is 121 Å². The van der Waals surface area contributed by atoms with E-state index in [1.165, 1.54) is 0 Å². The minimum absolute atomic E-state index is 0.597. The van der Waals surface area contributed by atoms with Gasteiger partial charge < -0.3 is 5.73 Å². The van der Waals surface area contributed by atoms with Crippen molar-refractivity contribution in [2.45, 2.75) is 12.5 Å². The van der Waals surface area contributed by atoms with Crippen molar-refractivity contribution in [3.8, 4) is 0 Å². The molecule has 0 radical (unpaired) electrons. The maximum absolute atomic E-state index is 6.39. The van der Waals surface area contributed by atoms with E-state index >= 15 is 0 Å². The lowest BCUT2D eigenvalue weighted by Gasteiger charge is -2.27. The molecule has 1 unspecified atom stereocenters. The Kier molecular flexibility index (Phi) is 3.88. The van der Waals surface area contributed by atoms with E-state index < -0.39 is 5.54 Å². The summed E-state index contributed by atoms with van der Waals surface area (Å²) in [6, 6.07) is 12.7. The molecule has 0 aromatic heterocycles. The summed E-state index contributed by atoms with van der Waals surface area (Å²) in [6.07, 6.45) is 0. The second kappa shape index (κ2) is 5.10. The summed E-state index contributed by atoms with van der Waals surface area (Å²) in [5.74, 6) is 0. The largest absolute Gasteiger partial charge is 0.318 e. The average molecular weight is 301 g/mol. The van der Waals surface area contributed by atoms with E-state index in [1.807, 2.05) is 19.1 Å².